The van der Waals surface area contributed by atoms with Crippen LogP contribution in [-0.4, -0.2) is 40.8 Å². The quantitative estimate of drug-likeness (QED) is 0.563. The molecule has 0 heterocycles. The molecule has 0 aliphatic rings. The minimum Gasteiger partial charge on any atom is -0.497 e. The molecular weight excluding hydrogens is 463 g/mol. The first-order chi connectivity index (χ1) is 14.5. The second kappa shape index (κ2) is 10.4. The number of amides is 1. The summed E-state index contributed by atoms with van der Waals surface area (Å²) >= 11 is 12.1. The number of anilines is 1. The number of carbonyl (C=O) groups excluding carboxylic acids is 1. The number of rotatable bonds is 9. The lowest BCUT2D eigenvalue weighted by Gasteiger charge is -2.31. The minimum atomic E-state index is -3.82. The summed E-state index contributed by atoms with van der Waals surface area (Å²) in [7, 11) is -0.747. The predicted octanol–water partition coefficient (Wildman–Crippen LogP) is 4.43. The average Bonchev–Trinajstić information content (AvgIpc) is 2.69. The highest BCUT2D eigenvalue weighted by molar-refractivity contribution is 7.92. The monoisotopic (exact) mass is 488 g/mol. The number of nitrogens with one attached hydrogen (secondary N) is 1. The molecular formula is C21H26Cl2N2O5S. The maximum Gasteiger partial charge on any atom is 0.244 e. The van der Waals surface area contributed by atoms with Crippen molar-refractivity contribution in [3.05, 3.63) is 52.0 Å². The molecule has 1 amide bonds. The minimum absolute atomic E-state index is 0.216. The second-order valence-corrected chi connectivity index (χ2v) is 9.68. The molecule has 0 aromatic heterocycles. The Balaban J connectivity index is 2.40. The lowest BCUT2D eigenvalue weighted by atomic mass is 10.1. The van der Waals surface area contributed by atoms with E-state index < -0.39 is 28.0 Å². The molecule has 0 unspecified atom stereocenters. The van der Waals surface area contributed by atoms with Crippen LogP contribution in [0.1, 0.15) is 31.9 Å². The van der Waals surface area contributed by atoms with Gasteiger partial charge < -0.3 is 14.8 Å². The number of benzene rings is 2. The molecule has 31 heavy (non-hydrogen) atoms. The Bertz CT molecular complexity index is 1030. The van der Waals surface area contributed by atoms with E-state index in [4.69, 9.17) is 32.7 Å². The number of hydrogen-bond donors (Lipinski definition) is 1. The Labute approximate surface area is 193 Å². The molecule has 170 valence electrons. The number of ether oxygens (including phenoxy) is 2. The van der Waals surface area contributed by atoms with E-state index in [1.807, 2.05) is 0 Å². The smallest absolute Gasteiger partial charge is 0.244 e. The van der Waals surface area contributed by atoms with Gasteiger partial charge in [-0.2, -0.15) is 0 Å². The molecule has 0 spiro atoms. The lowest BCUT2D eigenvalue weighted by Crippen LogP contribution is -2.49. The van der Waals surface area contributed by atoms with Crippen molar-refractivity contribution in [2.45, 2.75) is 32.4 Å². The molecule has 2 aromatic rings. The van der Waals surface area contributed by atoms with Crippen LogP contribution in [0.4, 0.5) is 5.69 Å². The number of sulfonamides is 1. The van der Waals surface area contributed by atoms with Gasteiger partial charge in [0, 0.05) is 15.6 Å². The Kier molecular flexibility index (Phi) is 8.45. The van der Waals surface area contributed by atoms with Crippen LogP contribution in [0.5, 0.6) is 11.5 Å². The summed E-state index contributed by atoms with van der Waals surface area (Å²) in [5, 5.41) is 3.41. The van der Waals surface area contributed by atoms with Crippen LogP contribution in [-0.2, 0) is 14.8 Å². The van der Waals surface area contributed by atoms with Crippen molar-refractivity contribution in [2.75, 3.05) is 24.8 Å². The number of halogens is 2. The highest BCUT2D eigenvalue weighted by atomic mass is 35.5. The highest BCUT2D eigenvalue weighted by Crippen LogP contribution is 2.31. The fourth-order valence-electron chi connectivity index (χ4n) is 3.29. The topological polar surface area (TPSA) is 84.9 Å². The summed E-state index contributed by atoms with van der Waals surface area (Å²) in [4.78, 5) is 13.2. The van der Waals surface area contributed by atoms with Crippen LogP contribution >= 0.6 is 23.2 Å². The van der Waals surface area contributed by atoms with Crippen molar-refractivity contribution in [1.82, 2.24) is 5.32 Å². The summed E-state index contributed by atoms with van der Waals surface area (Å²) in [6.45, 7) is 3.51. The van der Waals surface area contributed by atoms with Gasteiger partial charge in [-0.15, -0.1) is 0 Å². The third-order valence-corrected chi connectivity index (χ3v) is 6.31. The van der Waals surface area contributed by atoms with Gasteiger partial charge in [0.2, 0.25) is 15.9 Å². The summed E-state index contributed by atoms with van der Waals surface area (Å²) in [6, 6.07) is 8.17. The van der Waals surface area contributed by atoms with Gasteiger partial charge in [-0.3, -0.25) is 9.10 Å². The van der Waals surface area contributed by atoms with E-state index in [0.717, 1.165) is 10.6 Å². The van der Waals surface area contributed by atoms with Crippen molar-refractivity contribution in [1.29, 1.82) is 0 Å². The van der Waals surface area contributed by atoms with Crippen molar-refractivity contribution < 1.29 is 22.7 Å². The Morgan fingerprint density at radius 1 is 1.10 bits per heavy atom. The molecule has 0 fully saturated rings. The Morgan fingerprint density at radius 3 is 2.19 bits per heavy atom. The molecule has 0 radical (unpaired) electrons. The molecule has 7 nitrogen and oxygen atoms in total. The van der Waals surface area contributed by atoms with Gasteiger partial charge >= 0.3 is 0 Å². The Morgan fingerprint density at radius 2 is 1.71 bits per heavy atom. The van der Waals surface area contributed by atoms with Crippen LogP contribution < -0.4 is 19.1 Å². The summed E-state index contributed by atoms with van der Waals surface area (Å²) < 4.78 is 36.9. The van der Waals surface area contributed by atoms with E-state index in [2.05, 4.69) is 5.32 Å². The van der Waals surface area contributed by atoms with Crippen LogP contribution in [0.15, 0.2) is 36.4 Å². The molecule has 0 aliphatic carbocycles. The van der Waals surface area contributed by atoms with Crippen LogP contribution in [0.3, 0.4) is 0 Å². The van der Waals surface area contributed by atoms with Gasteiger partial charge in [0.1, 0.15) is 17.5 Å². The summed E-state index contributed by atoms with van der Waals surface area (Å²) in [5.74, 6) is 0.708. The highest BCUT2D eigenvalue weighted by Gasteiger charge is 2.33. The van der Waals surface area contributed by atoms with Gasteiger partial charge in [-0.1, -0.05) is 30.1 Å². The standard InChI is InChI=1S/C21H26Cl2N2O5S/c1-6-19(25(31(5,27)28)16-10-14(22)9-15(23)11-16)21(26)24-13(2)18-12-17(29-3)7-8-20(18)30-4/h7-13,19H,6H2,1-5H3,(H,24,26)/t13-,19+/m0/s1. The molecule has 2 atom stereocenters. The number of hydrogen-bond acceptors (Lipinski definition) is 5. The molecule has 0 saturated carbocycles. The molecule has 0 bridgehead atoms. The van der Waals surface area contributed by atoms with Crippen molar-refractivity contribution in [2.24, 2.45) is 0 Å². The van der Waals surface area contributed by atoms with E-state index >= 15 is 0 Å². The molecule has 0 aliphatic heterocycles. The van der Waals surface area contributed by atoms with Crippen molar-refractivity contribution >= 4 is 44.8 Å². The molecule has 2 rings (SSSR count). The van der Waals surface area contributed by atoms with Gasteiger partial charge in [-0.25, -0.2) is 8.42 Å². The molecule has 1 N–H and O–H groups in total. The Hall–Kier alpha value is -2.16. The van der Waals surface area contributed by atoms with E-state index in [-0.39, 0.29) is 22.2 Å². The van der Waals surface area contributed by atoms with Gasteiger partial charge in [0.05, 0.1) is 32.2 Å². The fourth-order valence-corrected chi connectivity index (χ4v) is 5.00. The third kappa shape index (κ3) is 6.18. The summed E-state index contributed by atoms with van der Waals surface area (Å²) in [5.41, 5.74) is 0.912. The van der Waals surface area contributed by atoms with E-state index in [1.165, 1.54) is 25.3 Å². The van der Waals surface area contributed by atoms with E-state index in [1.54, 1.807) is 39.2 Å². The van der Waals surface area contributed by atoms with E-state index in [9.17, 15) is 13.2 Å². The number of methoxy groups -OCH3 is 2. The van der Waals surface area contributed by atoms with Gasteiger partial charge in [-0.05, 0) is 49.7 Å². The SMILES string of the molecule is CC[C@H](C(=O)N[C@@H](C)c1cc(OC)ccc1OC)N(c1cc(Cl)cc(Cl)c1)S(C)(=O)=O. The third-order valence-electron chi connectivity index (χ3n) is 4.69. The maximum atomic E-state index is 13.2. The van der Waals surface area contributed by atoms with Crippen molar-refractivity contribution in [3.8, 4) is 11.5 Å². The predicted molar refractivity (Wildman–Crippen MR) is 124 cm³/mol. The first kappa shape index (κ1) is 25.1. The van der Waals surface area contributed by atoms with Gasteiger partial charge in [0.15, 0.2) is 0 Å². The van der Waals surface area contributed by atoms with Crippen LogP contribution in [0.25, 0.3) is 0 Å². The molecule has 2 aromatic carbocycles. The number of carbonyl (C=O) groups is 1. The largest absolute Gasteiger partial charge is 0.497 e. The zero-order valence-corrected chi connectivity index (χ0v) is 20.3. The molecule has 10 heteroatoms. The first-order valence-electron chi connectivity index (χ1n) is 9.49. The van der Waals surface area contributed by atoms with Crippen LogP contribution in [0, 0.1) is 0 Å². The number of nitrogens with zero attached hydrogens (tertiary/aromatic N) is 1. The first-order valence-corrected chi connectivity index (χ1v) is 12.1. The maximum absolute atomic E-state index is 13.2. The normalized spacial score (nSPS) is 13.3. The second-order valence-electron chi connectivity index (χ2n) is 6.95. The zero-order chi connectivity index (χ0) is 23.3. The van der Waals surface area contributed by atoms with Crippen molar-refractivity contribution in [3.63, 3.8) is 0 Å². The lowest BCUT2D eigenvalue weighted by molar-refractivity contribution is -0.122. The average molecular weight is 489 g/mol. The van der Waals surface area contributed by atoms with Crippen LogP contribution in [0.2, 0.25) is 10.0 Å². The fraction of sp³-hybridized carbons (Fsp3) is 0.381. The molecule has 0 saturated heterocycles. The summed E-state index contributed by atoms with van der Waals surface area (Å²) in [6.07, 6.45) is 1.26. The van der Waals surface area contributed by atoms with Gasteiger partial charge in [0.25, 0.3) is 0 Å². The van der Waals surface area contributed by atoms with E-state index in [0.29, 0.717) is 17.1 Å². The zero-order valence-electron chi connectivity index (χ0n) is 18.0.